The molecule has 0 aromatic rings. The van der Waals surface area contributed by atoms with Gasteiger partial charge in [0.1, 0.15) is 0 Å². The van der Waals surface area contributed by atoms with Crippen molar-refractivity contribution >= 4 is 19.7 Å². The Morgan fingerprint density at radius 3 is 2.62 bits per heavy atom. The molecule has 0 heterocycles. The fraction of sp³-hybridized carbons (Fsp3) is 0.500. The number of primary amides is 1. The van der Waals surface area contributed by atoms with E-state index in [1.807, 2.05) is 5.75 Å². The molecular formula is C6H10N3O3P. The van der Waals surface area contributed by atoms with Crippen LogP contribution in [-0.4, -0.2) is 17.9 Å². The first-order valence-corrected chi connectivity index (χ1v) is 4.30. The van der Waals surface area contributed by atoms with Gasteiger partial charge in [0.15, 0.2) is 0 Å². The van der Waals surface area contributed by atoms with E-state index in [0.717, 1.165) is 0 Å². The Balaban J connectivity index is 3.86. The molecule has 2 amide bonds. The van der Waals surface area contributed by atoms with Gasteiger partial charge in [-0.25, -0.2) is 0 Å². The molecule has 0 aromatic heterocycles. The van der Waals surface area contributed by atoms with Crippen molar-refractivity contribution < 1.29 is 14.2 Å². The molecule has 6 nitrogen and oxygen atoms in total. The van der Waals surface area contributed by atoms with Crippen molar-refractivity contribution in [3.8, 4) is 5.75 Å². The predicted molar refractivity (Wildman–Crippen MR) is 46.0 cm³/mol. The number of nitrogens with one attached hydrogen (secondary N) is 1. The number of rotatable bonds is 4. The Bertz CT molecular complexity index is 297. The van der Waals surface area contributed by atoms with E-state index in [-0.39, 0.29) is 12.8 Å². The molecule has 0 saturated carbocycles. The summed E-state index contributed by atoms with van der Waals surface area (Å²) in [5.74, 6) is 0.985. The van der Waals surface area contributed by atoms with Gasteiger partial charge in [0.05, 0.1) is 0 Å². The Morgan fingerprint density at radius 1 is 1.54 bits per heavy atom. The average molecular weight is 203 g/mol. The first kappa shape index (κ1) is 11.9. The second kappa shape index (κ2) is 6.43. The quantitative estimate of drug-likeness (QED) is 0.397. The van der Waals surface area contributed by atoms with Gasteiger partial charge in [-0.1, -0.05) is 0 Å². The maximum absolute atomic E-state index is 10.9. The third-order valence-electron chi connectivity index (χ3n) is 1.26. The van der Waals surface area contributed by atoms with Crippen LogP contribution < -0.4 is 16.8 Å². The molecule has 72 valence electrons. The summed E-state index contributed by atoms with van der Waals surface area (Å²) in [6.45, 7) is 0. The Kier molecular flexibility index (Phi) is 5.89. The molecule has 5 N–H and O–H groups in total. The zero-order valence-corrected chi connectivity index (χ0v) is 7.71. The topological polar surface area (TPSA) is 115 Å². The van der Waals surface area contributed by atoms with Gasteiger partial charge in [-0.2, -0.15) is 0 Å². The van der Waals surface area contributed by atoms with E-state index < -0.39 is 25.8 Å². The van der Waals surface area contributed by atoms with E-state index in [0.29, 0.717) is 0 Å². The molecule has 0 fully saturated rings. The molecule has 0 bridgehead atoms. The van der Waals surface area contributed by atoms with Crippen LogP contribution in [0.3, 0.4) is 0 Å². The first-order valence-electron chi connectivity index (χ1n) is 3.49. The first-order chi connectivity index (χ1) is 6.07. The number of amides is 2. The number of nitrogens with two attached hydrogens (primary N) is 2. The summed E-state index contributed by atoms with van der Waals surface area (Å²) in [5, 5.41) is 2.06. The van der Waals surface area contributed by atoms with E-state index >= 15 is 0 Å². The average Bonchev–Trinajstić information content (AvgIpc) is 2.10. The molecule has 0 unspecified atom stereocenters. The van der Waals surface area contributed by atoms with Crippen LogP contribution in [0.5, 0.6) is 0 Å². The Morgan fingerprint density at radius 2 is 2.15 bits per heavy atom. The van der Waals surface area contributed by atoms with Gasteiger partial charge in [0, 0.05) is 0 Å². The van der Waals surface area contributed by atoms with Crippen LogP contribution in [0.2, 0.25) is 0 Å². The number of hydrogen-bond acceptors (Lipinski definition) is 4. The summed E-state index contributed by atoms with van der Waals surface area (Å²) in [5.41, 5.74) is 10.2. The van der Waals surface area contributed by atoms with Gasteiger partial charge in [-0.05, 0) is 0 Å². The van der Waals surface area contributed by atoms with Crippen molar-refractivity contribution in [2.24, 2.45) is 11.5 Å². The van der Waals surface area contributed by atoms with Crippen molar-refractivity contribution in [3.05, 3.63) is 0 Å². The monoisotopic (exact) mass is 203 g/mol. The minimum atomic E-state index is -0.832. The van der Waals surface area contributed by atoms with Crippen molar-refractivity contribution in [2.45, 2.75) is 18.9 Å². The van der Waals surface area contributed by atoms with Gasteiger partial charge in [0.25, 0.3) is 0 Å². The van der Waals surface area contributed by atoms with Gasteiger partial charge in [-0.3, -0.25) is 0 Å². The van der Waals surface area contributed by atoms with Crippen molar-refractivity contribution in [2.75, 3.05) is 0 Å². The molecule has 0 aliphatic rings. The Hall–Kier alpha value is -1.09. The van der Waals surface area contributed by atoms with Crippen LogP contribution in [0.25, 0.3) is 0 Å². The summed E-state index contributed by atoms with van der Waals surface area (Å²) >= 11 is 0. The molecule has 0 saturated heterocycles. The number of hydrogen-bond donors (Lipinski definition) is 3. The molecule has 1 atom stereocenters. The summed E-state index contributed by atoms with van der Waals surface area (Å²) in [4.78, 5) is 21.2. The summed E-state index contributed by atoms with van der Waals surface area (Å²) in [6.07, 6.45) is 0.211. The summed E-state index contributed by atoms with van der Waals surface area (Å²) in [7, 11) is -0.423. The Labute approximate surface area is 76.2 Å². The van der Waals surface area contributed by atoms with Gasteiger partial charge in [-0.15, -0.1) is 0 Å². The van der Waals surface area contributed by atoms with Crippen LogP contribution in [0.1, 0.15) is 12.8 Å². The predicted octanol–water partition coefficient (Wildman–Crippen LogP) is -1.10. The third-order valence-corrected chi connectivity index (χ3v) is 1.47. The van der Waals surface area contributed by atoms with E-state index in [4.69, 9.17) is 11.5 Å². The van der Waals surface area contributed by atoms with Crippen LogP contribution in [0, 0.1) is 5.75 Å². The number of carbonyl (C=O) groups excluding carboxylic acids is 2. The molecular weight excluding hydrogens is 193 g/mol. The molecule has 0 radical (unpaired) electrons. The second-order valence-electron chi connectivity index (χ2n) is 2.30. The fourth-order valence-electron chi connectivity index (χ4n) is 0.599. The van der Waals surface area contributed by atoms with Gasteiger partial charge < -0.3 is 0 Å². The minimum absolute atomic E-state index is 0.0453. The molecule has 7 heteroatoms. The van der Waals surface area contributed by atoms with E-state index in [1.54, 1.807) is 0 Å². The summed E-state index contributed by atoms with van der Waals surface area (Å²) in [6, 6.07) is -0.832. The van der Waals surface area contributed by atoms with Crippen LogP contribution in [0.15, 0.2) is 0 Å². The fourth-order valence-corrected chi connectivity index (χ4v) is 0.755. The normalized spacial score (nSPS) is 11.2. The molecule has 13 heavy (non-hydrogen) atoms. The van der Waals surface area contributed by atoms with Gasteiger partial charge >= 0.3 is 75.3 Å². The van der Waals surface area contributed by atoms with Crippen LogP contribution >= 0.6 is 7.92 Å². The van der Waals surface area contributed by atoms with Crippen molar-refractivity contribution in [1.82, 2.24) is 5.32 Å². The summed E-state index contributed by atoms with van der Waals surface area (Å²) < 4.78 is 9.85. The molecule has 0 aliphatic carbocycles. The molecule has 0 aliphatic heterocycles. The van der Waals surface area contributed by atoms with Crippen LogP contribution in [-0.2, 0) is 14.2 Å². The zero-order valence-electron chi connectivity index (χ0n) is 6.82. The maximum atomic E-state index is 10.9. The van der Waals surface area contributed by atoms with E-state index in [1.165, 1.54) is 0 Å². The van der Waals surface area contributed by atoms with Crippen molar-refractivity contribution in [3.63, 3.8) is 0 Å². The molecule has 0 rings (SSSR count). The van der Waals surface area contributed by atoms with Gasteiger partial charge in [0.2, 0.25) is 0 Å². The van der Waals surface area contributed by atoms with E-state index in [9.17, 15) is 14.2 Å². The molecule has 0 spiro atoms. The SMILES string of the molecule is NC(=O)CC[C@H](N)C(=O)NC#P=O. The van der Waals surface area contributed by atoms with Crippen molar-refractivity contribution in [1.29, 1.82) is 0 Å². The third kappa shape index (κ3) is 6.11. The second-order valence-corrected chi connectivity index (χ2v) is 2.71. The number of carbonyl (C=O) groups is 2. The molecule has 0 aromatic carbocycles. The standard InChI is InChI=1S/C6H10N3O3P/c7-4(1-2-5(8)10)6(11)9-3-13-12/h4H,1-2,7H2,(H2,8,10)(H,9,11)/t4-/m0/s1. The van der Waals surface area contributed by atoms with E-state index in [2.05, 4.69) is 5.32 Å². The van der Waals surface area contributed by atoms with Crippen LogP contribution in [0.4, 0.5) is 0 Å². The zero-order chi connectivity index (χ0) is 10.3.